The van der Waals surface area contributed by atoms with E-state index in [1.165, 1.54) is 0 Å². The quantitative estimate of drug-likeness (QED) is 0.647. The summed E-state index contributed by atoms with van der Waals surface area (Å²) >= 11 is 0. The molecule has 0 aliphatic carbocycles. The Morgan fingerprint density at radius 3 is 2.57 bits per heavy atom. The summed E-state index contributed by atoms with van der Waals surface area (Å²) in [7, 11) is 3.34. The highest BCUT2D eigenvalue weighted by Gasteiger charge is 2.20. The number of aliphatic hydroxyl groups is 1. The van der Waals surface area contributed by atoms with Gasteiger partial charge in [-0.2, -0.15) is 0 Å². The van der Waals surface area contributed by atoms with Crippen molar-refractivity contribution in [2.75, 3.05) is 40.5 Å². The van der Waals surface area contributed by atoms with Crippen molar-refractivity contribution < 1.29 is 19.3 Å². The van der Waals surface area contributed by atoms with Gasteiger partial charge in [-0.1, -0.05) is 20.8 Å². The van der Waals surface area contributed by atoms with Crippen molar-refractivity contribution in [1.29, 1.82) is 0 Å². The van der Waals surface area contributed by atoms with Crippen LogP contribution < -0.4 is 14.8 Å². The molecule has 0 radical (unpaired) electrons. The molecule has 0 saturated carbocycles. The molecular weight excluding hydrogens is 294 g/mol. The lowest BCUT2D eigenvalue weighted by molar-refractivity contribution is 0.104. The van der Waals surface area contributed by atoms with E-state index in [0.29, 0.717) is 6.54 Å². The predicted molar refractivity (Wildman–Crippen MR) is 92.6 cm³/mol. The average Bonchev–Trinajstić information content (AvgIpc) is 2.51. The molecule has 23 heavy (non-hydrogen) atoms. The molecule has 1 aromatic carbocycles. The largest absolute Gasteiger partial charge is 0.497 e. The molecule has 0 spiro atoms. The van der Waals surface area contributed by atoms with E-state index in [-0.39, 0.29) is 12.0 Å². The maximum atomic E-state index is 10.0. The molecule has 0 saturated heterocycles. The first-order valence-electron chi connectivity index (χ1n) is 8.07. The van der Waals surface area contributed by atoms with Gasteiger partial charge < -0.3 is 24.6 Å². The maximum Gasteiger partial charge on any atom is 0.123 e. The third-order valence-corrected chi connectivity index (χ3v) is 3.51. The number of benzene rings is 1. The lowest BCUT2D eigenvalue weighted by Crippen LogP contribution is -2.32. The Bertz CT molecular complexity index is 457. The second kappa shape index (κ2) is 9.75. The summed E-state index contributed by atoms with van der Waals surface area (Å²) in [5.41, 5.74) is 1.00. The minimum absolute atomic E-state index is 0.0623. The van der Waals surface area contributed by atoms with Gasteiger partial charge in [0, 0.05) is 25.8 Å². The Hall–Kier alpha value is -1.30. The molecule has 0 heterocycles. The molecule has 0 aliphatic heterocycles. The number of hydrogen-bond donors (Lipinski definition) is 2. The molecule has 1 aromatic rings. The van der Waals surface area contributed by atoms with Crippen molar-refractivity contribution in [3.8, 4) is 11.5 Å². The van der Waals surface area contributed by atoms with E-state index in [0.717, 1.165) is 36.6 Å². The van der Waals surface area contributed by atoms with Crippen molar-refractivity contribution in [3.63, 3.8) is 0 Å². The van der Waals surface area contributed by atoms with Crippen LogP contribution in [0.5, 0.6) is 11.5 Å². The molecule has 2 N–H and O–H groups in total. The van der Waals surface area contributed by atoms with Crippen LogP contribution in [0.15, 0.2) is 18.2 Å². The molecule has 0 aliphatic rings. The highest BCUT2D eigenvalue weighted by Crippen LogP contribution is 2.34. The summed E-state index contributed by atoms with van der Waals surface area (Å²) in [6.45, 7) is 8.69. The van der Waals surface area contributed by atoms with Crippen LogP contribution in [0.2, 0.25) is 0 Å². The fourth-order valence-corrected chi connectivity index (χ4v) is 2.20. The summed E-state index contributed by atoms with van der Waals surface area (Å²) < 4.78 is 16.1. The first-order chi connectivity index (χ1) is 10.9. The molecule has 1 atom stereocenters. The number of ether oxygens (including phenoxy) is 3. The number of hydrogen-bond acceptors (Lipinski definition) is 5. The van der Waals surface area contributed by atoms with Gasteiger partial charge in [0.05, 0.1) is 7.11 Å². The van der Waals surface area contributed by atoms with Crippen LogP contribution in [0.25, 0.3) is 0 Å². The van der Waals surface area contributed by atoms with Gasteiger partial charge in [-0.25, -0.2) is 0 Å². The zero-order valence-electron chi connectivity index (χ0n) is 15.0. The number of methoxy groups -OCH3 is 2. The van der Waals surface area contributed by atoms with E-state index in [4.69, 9.17) is 14.2 Å². The fraction of sp³-hybridized carbons (Fsp3) is 0.667. The van der Waals surface area contributed by atoms with Gasteiger partial charge >= 0.3 is 0 Å². The van der Waals surface area contributed by atoms with Gasteiger partial charge in [-0.15, -0.1) is 0 Å². The summed E-state index contributed by atoms with van der Waals surface area (Å²) in [6.07, 6.45) is 0.379. The Labute approximate surface area is 139 Å². The van der Waals surface area contributed by atoms with Crippen molar-refractivity contribution in [2.24, 2.45) is 0 Å². The van der Waals surface area contributed by atoms with Gasteiger partial charge in [0.1, 0.15) is 24.2 Å². The second-order valence-electron chi connectivity index (χ2n) is 6.63. The van der Waals surface area contributed by atoms with E-state index < -0.39 is 6.10 Å². The van der Waals surface area contributed by atoms with Crippen LogP contribution >= 0.6 is 0 Å². The van der Waals surface area contributed by atoms with Gasteiger partial charge in [0.25, 0.3) is 0 Å². The summed E-state index contributed by atoms with van der Waals surface area (Å²) in [4.78, 5) is 0. The monoisotopic (exact) mass is 325 g/mol. The normalized spacial score (nSPS) is 13.0. The Kier molecular flexibility index (Phi) is 8.37. The number of rotatable bonds is 10. The second-order valence-corrected chi connectivity index (χ2v) is 6.63. The zero-order valence-corrected chi connectivity index (χ0v) is 15.0. The lowest BCUT2D eigenvalue weighted by Gasteiger charge is -2.24. The molecule has 1 rings (SSSR count). The first-order valence-corrected chi connectivity index (χ1v) is 8.07. The van der Waals surface area contributed by atoms with Crippen LogP contribution in [0.4, 0.5) is 0 Å². The number of nitrogens with one attached hydrogen (secondary N) is 1. The van der Waals surface area contributed by atoms with Crippen LogP contribution in [0, 0.1) is 0 Å². The van der Waals surface area contributed by atoms with Gasteiger partial charge in [0.15, 0.2) is 0 Å². The van der Waals surface area contributed by atoms with E-state index in [2.05, 4.69) is 26.1 Å². The molecule has 0 unspecified atom stereocenters. The standard InChI is InChI=1S/C18H31NO4/c1-18(2,3)16-11-15(22-5)7-8-17(16)23-13-14(20)12-19-9-6-10-21-4/h7-8,11,14,19-20H,6,9-10,12-13H2,1-5H3/t14-/m0/s1. The molecule has 0 aromatic heterocycles. The molecule has 132 valence electrons. The molecule has 0 amide bonds. The smallest absolute Gasteiger partial charge is 0.123 e. The summed E-state index contributed by atoms with van der Waals surface area (Å²) in [6, 6.07) is 5.77. The minimum atomic E-state index is -0.549. The van der Waals surface area contributed by atoms with Crippen LogP contribution in [0.1, 0.15) is 32.8 Å². The van der Waals surface area contributed by atoms with Gasteiger partial charge in [-0.05, 0) is 36.6 Å². The van der Waals surface area contributed by atoms with Crippen molar-refractivity contribution in [3.05, 3.63) is 23.8 Å². The molecule has 0 fully saturated rings. The Morgan fingerprint density at radius 1 is 1.22 bits per heavy atom. The van der Waals surface area contributed by atoms with Crippen molar-refractivity contribution in [2.45, 2.75) is 38.7 Å². The van der Waals surface area contributed by atoms with Gasteiger partial charge in [0.2, 0.25) is 0 Å². The third kappa shape index (κ3) is 7.20. The van der Waals surface area contributed by atoms with Crippen molar-refractivity contribution >= 4 is 0 Å². The lowest BCUT2D eigenvalue weighted by atomic mass is 9.86. The maximum absolute atomic E-state index is 10.0. The molecule has 5 nitrogen and oxygen atoms in total. The van der Waals surface area contributed by atoms with E-state index in [1.54, 1.807) is 14.2 Å². The van der Waals surface area contributed by atoms with Crippen LogP contribution in [-0.2, 0) is 10.2 Å². The van der Waals surface area contributed by atoms with Crippen molar-refractivity contribution in [1.82, 2.24) is 5.32 Å². The average molecular weight is 325 g/mol. The van der Waals surface area contributed by atoms with E-state index >= 15 is 0 Å². The molecular formula is C18H31NO4. The Balaban J connectivity index is 2.53. The third-order valence-electron chi connectivity index (χ3n) is 3.51. The highest BCUT2D eigenvalue weighted by atomic mass is 16.5. The van der Waals surface area contributed by atoms with E-state index in [1.807, 2.05) is 18.2 Å². The number of aliphatic hydroxyl groups excluding tert-OH is 1. The fourth-order valence-electron chi connectivity index (χ4n) is 2.20. The van der Waals surface area contributed by atoms with Crippen LogP contribution in [0.3, 0.4) is 0 Å². The Morgan fingerprint density at radius 2 is 1.96 bits per heavy atom. The topological polar surface area (TPSA) is 60.0 Å². The first kappa shape index (κ1) is 19.7. The minimum Gasteiger partial charge on any atom is -0.497 e. The molecule has 0 bridgehead atoms. The highest BCUT2D eigenvalue weighted by molar-refractivity contribution is 5.44. The van der Waals surface area contributed by atoms with Gasteiger partial charge in [-0.3, -0.25) is 0 Å². The van der Waals surface area contributed by atoms with E-state index in [9.17, 15) is 5.11 Å². The summed E-state index contributed by atoms with van der Waals surface area (Å²) in [5, 5.41) is 13.2. The molecule has 5 heteroatoms. The summed E-state index contributed by atoms with van der Waals surface area (Å²) in [5.74, 6) is 1.60. The SMILES string of the molecule is COCCCNC[C@H](O)COc1ccc(OC)cc1C(C)(C)C. The predicted octanol–water partition coefficient (Wildman–Crippen LogP) is 2.36. The van der Waals surface area contributed by atoms with Crippen LogP contribution in [-0.4, -0.2) is 51.7 Å². The zero-order chi connectivity index (χ0) is 17.3.